The minimum Gasteiger partial charge on any atom is -0.387 e. The summed E-state index contributed by atoms with van der Waals surface area (Å²) in [5, 5.41) is 13.0. The fourth-order valence-electron chi connectivity index (χ4n) is 1.85. The van der Waals surface area contributed by atoms with Gasteiger partial charge >= 0.3 is 0 Å². The second-order valence-electron chi connectivity index (χ2n) is 4.60. The van der Waals surface area contributed by atoms with Gasteiger partial charge in [-0.05, 0) is 11.5 Å². The Kier molecular flexibility index (Phi) is 5.82. The molecular formula is C14H22N2O2. The fourth-order valence-corrected chi connectivity index (χ4v) is 1.85. The van der Waals surface area contributed by atoms with Crippen LogP contribution in [0.3, 0.4) is 0 Å². The summed E-state index contributed by atoms with van der Waals surface area (Å²) in [6.45, 7) is 4.30. The fraction of sp³-hybridized carbons (Fsp3) is 0.500. The highest BCUT2D eigenvalue weighted by Gasteiger charge is 2.22. The molecule has 4 nitrogen and oxygen atoms in total. The number of nitrogens with one attached hydrogen (secondary N) is 1. The summed E-state index contributed by atoms with van der Waals surface area (Å²) >= 11 is 0. The molecule has 0 fully saturated rings. The van der Waals surface area contributed by atoms with E-state index in [9.17, 15) is 9.90 Å². The monoisotopic (exact) mass is 250 g/mol. The van der Waals surface area contributed by atoms with E-state index in [1.165, 1.54) is 0 Å². The van der Waals surface area contributed by atoms with Gasteiger partial charge in [-0.15, -0.1) is 0 Å². The van der Waals surface area contributed by atoms with E-state index in [4.69, 9.17) is 5.73 Å². The molecule has 0 aliphatic rings. The molecule has 0 aliphatic carbocycles. The van der Waals surface area contributed by atoms with Crippen LogP contribution in [0.1, 0.15) is 31.9 Å². The Bertz CT molecular complexity index is 367. The van der Waals surface area contributed by atoms with E-state index in [0.29, 0.717) is 6.54 Å². The SMILES string of the molecule is CCC(C)C(NCC(O)c1ccccc1)C(N)=O. The van der Waals surface area contributed by atoms with Crippen molar-refractivity contribution in [2.75, 3.05) is 6.54 Å². The molecule has 3 atom stereocenters. The molecular weight excluding hydrogens is 228 g/mol. The van der Waals surface area contributed by atoms with Crippen molar-refractivity contribution < 1.29 is 9.90 Å². The molecule has 1 rings (SSSR count). The molecule has 4 heteroatoms. The van der Waals surface area contributed by atoms with Crippen LogP contribution in [0.2, 0.25) is 0 Å². The first-order chi connectivity index (χ1) is 8.56. The van der Waals surface area contributed by atoms with E-state index >= 15 is 0 Å². The predicted octanol–water partition coefficient (Wildman–Crippen LogP) is 1.21. The molecule has 0 saturated carbocycles. The molecule has 0 aromatic heterocycles. The Balaban J connectivity index is 2.55. The summed E-state index contributed by atoms with van der Waals surface area (Å²) < 4.78 is 0. The zero-order valence-corrected chi connectivity index (χ0v) is 11.0. The van der Waals surface area contributed by atoms with Crippen molar-refractivity contribution in [3.63, 3.8) is 0 Å². The van der Waals surface area contributed by atoms with Crippen molar-refractivity contribution >= 4 is 5.91 Å². The number of aliphatic hydroxyl groups is 1. The number of primary amides is 1. The first-order valence-electron chi connectivity index (χ1n) is 6.32. The minimum atomic E-state index is -0.628. The van der Waals surface area contributed by atoms with Gasteiger partial charge < -0.3 is 16.2 Å². The molecule has 0 saturated heterocycles. The van der Waals surface area contributed by atoms with Crippen LogP contribution in [0.4, 0.5) is 0 Å². The number of rotatable bonds is 7. The number of hydrogen-bond acceptors (Lipinski definition) is 3. The lowest BCUT2D eigenvalue weighted by molar-refractivity contribution is -0.121. The van der Waals surface area contributed by atoms with Gasteiger partial charge in [0.15, 0.2) is 0 Å². The molecule has 4 N–H and O–H groups in total. The Labute approximate surface area is 108 Å². The number of nitrogens with two attached hydrogens (primary N) is 1. The highest BCUT2D eigenvalue weighted by atomic mass is 16.3. The number of hydrogen-bond donors (Lipinski definition) is 3. The Morgan fingerprint density at radius 1 is 1.39 bits per heavy atom. The molecule has 18 heavy (non-hydrogen) atoms. The molecule has 100 valence electrons. The topological polar surface area (TPSA) is 75.3 Å². The van der Waals surface area contributed by atoms with Gasteiger partial charge in [0.2, 0.25) is 5.91 Å². The van der Waals surface area contributed by atoms with Gasteiger partial charge in [-0.3, -0.25) is 4.79 Å². The van der Waals surface area contributed by atoms with Crippen LogP contribution in [-0.4, -0.2) is 23.6 Å². The molecule has 1 aromatic carbocycles. The minimum absolute atomic E-state index is 0.158. The Hall–Kier alpha value is -1.39. The summed E-state index contributed by atoms with van der Waals surface area (Å²) in [6.07, 6.45) is 0.235. The second-order valence-corrected chi connectivity index (χ2v) is 4.60. The highest BCUT2D eigenvalue weighted by molar-refractivity contribution is 5.80. The molecule has 1 amide bonds. The van der Waals surface area contributed by atoms with Gasteiger partial charge in [-0.25, -0.2) is 0 Å². The normalized spacial score (nSPS) is 15.9. The maximum atomic E-state index is 11.3. The average molecular weight is 250 g/mol. The van der Waals surface area contributed by atoms with Crippen molar-refractivity contribution in [1.29, 1.82) is 0 Å². The summed E-state index contributed by atoms with van der Waals surface area (Å²) in [5.41, 5.74) is 6.19. The van der Waals surface area contributed by atoms with Crippen LogP contribution in [0.5, 0.6) is 0 Å². The lowest BCUT2D eigenvalue weighted by Gasteiger charge is -2.23. The summed E-state index contributed by atoms with van der Waals surface area (Å²) in [5.74, 6) is -0.213. The van der Waals surface area contributed by atoms with E-state index in [1.807, 2.05) is 44.2 Å². The van der Waals surface area contributed by atoms with Gasteiger partial charge in [-0.1, -0.05) is 50.6 Å². The van der Waals surface area contributed by atoms with E-state index in [2.05, 4.69) is 5.32 Å². The first-order valence-corrected chi connectivity index (χ1v) is 6.32. The molecule has 0 heterocycles. The Morgan fingerprint density at radius 3 is 2.50 bits per heavy atom. The standard InChI is InChI=1S/C14H22N2O2/c1-3-10(2)13(14(15)18)16-9-12(17)11-7-5-4-6-8-11/h4-8,10,12-13,16-17H,3,9H2,1-2H3,(H2,15,18). The number of aliphatic hydroxyl groups excluding tert-OH is 1. The number of carbonyl (C=O) groups excluding carboxylic acids is 1. The van der Waals surface area contributed by atoms with E-state index in [-0.39, 0.29) is 11.8 Å². The zero-order valence-electron chi connectivity index (χ0n) is 11.0. The van der Waals surface area contributed by atoms with Crippen molar-refractivity contribution in [3.05, 3.63) is 35.9 Å². The molecule has 0 spiro atoms. The van der Waals surface area contributed by atoms with Crippen molar-refractivity contribution in [2.45, 2.75) is 32.4 Å². The molecule has 1 aromatic rings. The van der Waals surface area contributed by atoms with Crippen molar-refractivity contribution in [3.8, 4) is 0 Å². The third-order valence-corrected chi connectivity index (χ3v) is 3.23. The van der Waals surface area contributed by atoms with Gasteiger partial charge in [0, 0.05) is 6.54 Å². The second kappa shape index (κ2) is 7.13. The van der Waals surface area contributed by atoms with Crippen LogP contribution < -0.4 is 11.1 Å². The Morgan fingerprint density at radius 2 is 2.00 bits per heavy atom. The largest absolute Gasteiger partial charge is 0.387 e. The molecule has 3 unspecified atom stereocenters. The first kappa shape index (κ1) is 14.7. The third-order valence-electron chi connectivity index (χ3n) is 3.23. The maximum Gasteiger partial charge on any atom is 0.234 e. The number of amides is 1. The van der Waals surface area contributed by atoms with Gasteiger partial charge in [0.25, 0.3) is 0 Å². The highest BCUT2D eigenvalue weighted by Crippen LogP contribution is 2.13. The van der Waals surface area contributed by atoms with Gasteiger partial charge in [0.1, 0.15) is 0 Å². The van der Waals surface area contributed by atoms with E-state index in [0.717, 1.165) is 12.0 Å². The smallest absolute Gasteiger partial charge is 0.234 e. The average Bonchev–Trinajstić information content (AvgIpc) is 2.39. The van der Waals surface area contributed by atoms with Crippen LogP contribution in [-0.2, 0) is 4.79 Å². The quantitative estimate of drug-likeness (QED) is 0.681. The van der Waals surface area contributed by atoms with E-state index < -0.39 is 12.1 Å². The van der Waals surface area contributed by atoms with Crippen LogP contribution in [0, 0.1) is 5.92 Å². The van der Waals surface area contributed by atoms with Crippen LogP contribution in [0.15, 0.2) is 30.3 Å². The van der Waals surface area contributed by atoms with Crippen LogP contribution in [0.25, 0.3) is 0 Å². The predicted molar refractivity (Wildman–Crippen MR) is 71.8 cm³/mol. The molecule has 0 aliphatic heterocycles. The summed E-state index contributed by atoms with van der Waals surface area (Å²) in [6, 6.07) is 8.96. The lowest BCUT2D eigenvalue weighted by Crippen LogP contribution is -2.47. The van der Waals surface area contributed by atoms with Gasteiger partial charge in [0.05, 0.1) is 12.1 Å². The summed E-state index contributed by atoms with van der Waals surface area (Å²) in [4.78, 5) is 11.3. The van der Waals surface area contributed by atoms with Crippen molar-refractivity contribution in [2.24, 2.45) is 11.7 Å². The zero-order chi connectivity index (χ0) is 13.5. The van der Waals surface area contributed by atoms with Gasteiger partial charge in [-0.2, -0.15) is 0 Å². The van der Waals surface area contributed by atoms with E-state index in [1.54, 1.807) is 0 Å². The van der Waals surface area contributed by atoms with Crippen LogP contribution >= 0.6 is 0 Å². The molecule has 0 bridgehead atoms. The third kappa shape index (κ3) is 4.13. The maximum absolute atomic E-state index is 11.3. The lowest BCUT2D eigenvalue weighted by atomic mass is 9.98. The number of benzene rings is 1. The number of carbonyl (C=O) groups is 1. The summed E-state index contributed by atoms with van der Waals surface area (Å²) in [7, 11) is 0. The van der Waals surface area contributed by atoms with Crippen molar-refractivity contribution in [1.82, 2.24) is 5.32 Å². The molecule has 0 radical (unpaired) electrons.